The van der Waals surface area contributed by atoms with Crippen molar-refractivity contribution >= 4 is 44.4 Å². The average molecular weight is 471 g/mol. The minimum atomic E-state index is -4.90. The highest BCUT2D eigenvalue weighted by Crippen LogP contribution is 2.45. The number of nitrogen functional groups attached to an aromatic ring is 1. The smallest absolute Gasteiger partial charge is 0.382 e. The average Bonchev–Trinajstić information content (AvgIpc) is 3.15. The van der Waals surface area contributed by atoms with Crippen LogP contribution in [0.2, 0.25) is 0 Å². The lowest BCUT2D eigenvalue weighted by Crippen LogP contribution is -2.28. The van der Waals surface area contributed by atoms with E-state index in [1.54, 1.807) is 0 Å². The van der Waals surface area contributed by atoms with Crippen molar-refractivity contribution in [2.24, 2.45) is 0 Å². The Morgan fingerprint density at radius 3 is 2.66 bits per heavy atom. The van der Waals surface area contributed by atoms with Crippen LogP contribution in [0.4, 0.5) is 5.82 Å². The molecule has 17 heteroatoms. The van der Waals surface area contributed by atoms with Crippen LogP contribution in [0.3, 0.4) is 0 Å². The molecule has 6 N–H and O–H groups in total. The molecule has 0 bridgehead atoms. The lowest BCUT2D eigenvalue weighted by molar-refractivity contribution is -0.0417. The zero-order valence-electron chi connectivity index (χ0n) is 14.9. The summed E-state index contributed by atoms with van der Waals surface area (Å²) in [6.07, 6.45) is -1.90. The molecule has 1 saturated heterocycles. The zero-order chi connectivity index (χ0) is 21.4. The van der Waals surface area contributed by atoms with Crippen LogP contribution in [0, 0.1) is 0 Å². The summed E-state index contributed by atoms with van der Waals surface area (Å²) >= 11 is 1.36. The second kappa shape index (κ2) is 8.55. The first-order chi connectivity index (χ1) is 13.5. The zero-order valence-corrected chi connectivity index (χ0v) is 17.5. The quantitative estimate of drug-likeness (QED) is 0.200. The summed E-state index contributed by atoms with van der Waals surface area (Å²) in [6, 6.07) is 0. The Labute approximate surface area is 168 Å². The molecule has 0 amide bonds. The Balaban J connectivity index is 1.90. The first-order valence-electron chi connectivity index (χ1n) is 8.19. The topological polar surface area (TPSA) is 212 Å². The van der Waals surface area contributed by atoms with E-state index in [1.165, 1.54) is 22.7 Å². The molecule has 0 saturated carbocycles. The van der Waals surface area contributed by atoms with Crippen molar-refractivity contribution in [3.05, 3.63) is 6.33 Å². The summed E-state index contributed by atoms with van der Waals surface area (Å²) in [7, 11) is -9.72. The molecule has 29 heavy (non-hydrogen) atoms. The van der Waals surface area contributed by atoms with E-state index in [4.69, 9.17) is 34.6 Å². The number of fused-ring (bicyclic) bond motifs is 1. The molecule has 1 fully saturated rings. The largest absolute Gasteiger partial charge is 0.469 e. The molecule has 1 aliphatic heterocycles. The minimum Gasteiger partial charge on any atom is -0.382 e. The number of hydrogen-bond acceptors (Lipinski definition) is 10. The molecule has 3 atom stereocenters. The van der Waals surface area contributed by atoms with E-state index in [0.29, 0.717) is 22.1 Å². The van der Waals surface area contributed by atoms with Crippen LogP contribution in [0.1, 0.15) is 19.6 Å². The van der Waals surface area contributed by atoms with Crippen molar-refractivity contribution in [3.8, 4) is 0 Å². The molecule has 3 rings (SSSR count). The SMILES string of the molecule is CCSc1nc(N)c2ncn(C3CC(OP(=O)(O)O)C(COP(=O)(O)O)O3)c2n1. The molecular formula is C12H19N5O9P2S. The second-order valence-corrected chi connectivity index (χ2v) is 9.60. The van der Waals surface area contributed by atoms with Gasteiger partial charge in [0.15, 0.2) is 16.6 Å². The molecule has 0 aliphatic carbocycles. The highest BCUT2D eigenvalue weighted by Gasteiger charge is 2.42. The van der Waals surface area contributed by atoms with Gasteiger partial charge >= 0.3 is 15.6 Å². The number of ether oxygens (including phenoxy) is 1. The lowest BCUT2D eigenvalue weighted by atomic mass is 10.2. The number of thioether (sulfide) groups is 1. The van der Waals surface area contributed by atoms with Crippen LogP contribution in [0.25, 0.3) is 11.2 Å². The van der Waals surface area contributed by atoms with E-state index in [-0.39, 0.29) is 12.2 Å². The number of imidazole rings is 1. The molecule has 14 nitrogen and oxygen atoms in total. The normalized spacial score (nSPS) is 23.1. The number of hydrogen-bond donors (Lipinski definition) is 5. The van der Waals surface area contributed by atoms with Crippen molar-refractivity contribution in [2.45, 2.75) is 36.9 Å². The summed E-state index contributed by atoms with van der Waals surface area (Å²) in [4.78, 5) is 48.7. The van der Waals surface area contributed by atoms with Gasteiger partial charge in [0.25, 0.3) is 0 Å². The van der Waals surface area contributed by atoms with Gasteiger partial charge in [0.2, 0.25) is 0 Å². The van der Waals surface area contributed by atoms with Crippen molar-refractivity contribution in [3.63, 3.8) is 0 Å². The maximum Gasteiger partial charge on any atom is 0.469 e. The molecule has 0 aromatic carbocycles. The van der Waals surface area contributed by atoms with Gasteiger partial charge in [0.05, 0.1) is 12.9 Å². The summed E-state index contributed by atoms with van der Waals surface area (Å²) in [5.41, 5.74) is 6.57. The maximum atomic E-state index is 11.3. The Bertz CT molecular complexity index is 978. The van der Waals surface area contributed by atoms with Crippen LogP contribution >= 0.6 is 27.4 Å². The molecule has 2 aromatic heterocycles. The number of anilines is 1. The monoisotopic (exact) mass is 471 g/mol. The highest BCUT2D eigenvalue weighted by atomic mass is 32.2. The van der Waals surface area contributed by atoms with E-state index < -0.39 is 40.7 Å². The van der Waals surface area contributed by atoms with Crippen molar-refractivity contribution in [1.29, 1.82) is 0 Å². The fourth-order valence-corrected chi connectivity index (χ4v) is 4.29. The Hall–Kier alpha value is -1.12. The van der Waals surface area contributed by atoms with Gasteiger partial charge in [-0.05, 0) is 5.75 Å². The van der Waals surface area contributed by atoms with E-state index in [9.17, 15) is 9.13 Å². The van der Waals surface area contributed by atoms with Gasteiger partial charge < -0.3 is 30.0 Å². The molecule has 3 heterocycles. The van der Waals surface area contributed by atoms with Gasteiger partial charge in [0.1, 0.15) is 24.0 Å². The predicted octanol–water partition coefficient (Wildman–Crippen LogP) is 0.395. The maximum absolute atomic E-state index is 11.3. The number of rotatable bonds is 8. The van der Waals surface area contributed by atoms with E-state index in [2.05, 4.69) is 19.5 Å². The minimum absolute atomic E-state index is 0.0636. The first-order valence-corrected chi connectivity index (χ1v) is 12.2. The molecule has 0 spiro atoms. The lowest BCUT2D eigenvalue weighted by Gasteiger charge is -2.19. The number of nitrogens with zero attached hydrogens (tertiary/aromatic N) is 4. The Kier molecular flexibility index (Phi) is 6.65. The second-order valence-electron chi connectivity index (χ2n) is 5.93. The van der Waals surface area contributed by atoms with Gasteiger partial charge in [-0.1, -0.05) is 18.7 Å². The number of phosphoric acid groups is 2. The van der Waals surface area contributed by atoms with E-state index in [0.717, 1.165) is 0 Å². The molecule has 2 aromatic rings. The van der Waals surface area contributed by atoms with Gasteiger partial charge in [-0.3, -0.25) is 13.6 Å². The molecular weight excluding hydrogens is 452 g/mol. The predicted molar refractivity (Wildman–Crippen MR) is 99.6 cm³/mol. The van der Waals surface area contributed by atoms with Gasteiger partial charge in [0, 0.05) is 6.42 Å². The molecule has 162 valence electrons. The Morgan fingerprint density at radius 1 is 1.31 bits per heavy atom. The third-order valence-electron chi connectivity index (χ3n) is 3.87. The van der Waals surface area contributed by atoms with Gasteiger partial charge in [-0.15, -0.1) is 0 Å². The fraction of sp³-hybridized carbons (Fsp3) is 0.583. The van der Waals surface area contributed by atoms with Crippen LogP contribution in [0.5, 0.6) is 0 Å². The summed E-state index contributed by atoms with van der Waals surface area (Å²) < 4.78 is 38.5. The Morgan fingerprint density at radius 2 is 2.03 bits per heavy atom. The van der Waals surface area contributed by atoms with Gasteiger partial charge in [-0.25, -0.2) is 24.1 Å². The van der Waals surface area contributed by atoms with Crippen LogP contribution in [0.15, 0.2) is 11.5 Å². The number of aromatic nitrogens is 4. The van der Waals surface area contributed by atoms with Crippen molar-refractivity contribution < 1.29 is 42.5 Å². The number of phosphoric ester groups is 2. The van der Waals surface area contributed by atoms with Crippen LogP contribution in [-0.2, 0) is 22.9 Å². The van der Waals surface area contributed by atoms with Gasteiger partial charge in [-0.2, -0.15) is 0 Å². The fourth-order valence-electron chi connectivity index (χ4n) is 2.80. The summed E-state index contributed by atoms with van der Waals surface area (Å²) in [6.45, 7) is 1.27. The molecule has 1 aliphatic rings. The number of nitrogens with two attached hydrogens (primary N) is 1. The third kappa shape index (κ3) is 5.73. The molecule has 3 unspecified atom stereocenters. The van der Waals surface area contributed by atoms with Crippen LogP contribution < -0.4 is 5.73 Å². The summed E-state index contributed by atoms with van der Waals surface area (Å²) in [5.74, 6) is 0.867. The highest BCUT2D eigenvalue weighted by molar-refractivity contribution is 7.99. The van der Waals surface area contributed by atoms with E-state index in [1.807, 2.05) is 6.92 Å². The molecule has 0 radical (unpaired) electrons. The first kappa shape index (κ1) is 22.6. The van der Waals surface area contributed by atoms with E-state index >= 15 is 0 Å². The summed E-state index contributed by atoms with van der Waals surface area (Å²) in [5, 5.41) is 0.418. The third-order valence-corrected chi connectivity index (χ3v) is 5.63. The van der Waals surface area contributed by atoms with Crippen molar-refractivity contribution in [1.82, 2.24) is 19.5 Å². The van der Waals surface area contributed by atoms with Crippen LogP contribution in [-0.4, -0.2) is 63.7 Å². The standard InChI is InChI=1S/C12H19N5O9P2S/c1-2-29-12-15-10(13)9-11(16-12)17(5-14-9)8-3-6(26-28(21,22)23)7(25-8)4-24-27(18,19)20/h5-8H,2-4H2,1H3,(H2,13,15,16)(H2,18,19,20)(H2,21,22,23). The van der Waals surface area contributed by atoms with Crippen molar-refractivity contribution in [2.75, 3.05) is 18.1 Å².